The molecule has 2 N–H and O–H groups in total. The first-order valence-corrected chi connectivity index (χ1v) is 8.69. The molecule has 0 saturated carbocycles. The molecule has 144 valence electrons. The number of amides is 3. The number of nitrogens with zero attached hydrogens (tertiary/aromatic N) is 3. The van der Waals surface area contributed by atoms with E-state index >= 15 is 0 Å². The quantitative estimate of drug-likeness (QED) is 0.843. The van der Waals surface area contributed by atoms with Crippen molar-refractivity contribution in [1.29, 1.82) is 0 Å². The zero-order valence-corrected chi connectivity index (χ0v) is 15.9. The second-order valence-corrected chi connectivity index (χ2v) is 6.58. The smallest absolute Gasteiger partial charge is 0.292 e. The number of rotatable bonds is 4. The lowest BCUT2D eigenvalue weighted by Gasteiger charge is -2.27. The summed E-state index contributed by atoms with van der Waals surface area (Å²) >= 11 is 0. The minimum atomic E-state index is -0.501. The Balaban J connectivity index is 1.74. The van der Waals surface area contributed by atoms with E-state index in [1.807, 2.05) is 19.1 Å². The summed E-state index contributed by atoms with van der Waals surface area (Å²) in [6.07, 6.45) is 0. The zero-order valence-electron chi connectivity index (χ0n) is 15.9. The van der Waals surface area contributed by atoms with Crippen molar-refractivity contribution in [3.8, 4) is 0 Å². The fourth-order valence-corrected chi connectivity index (χ4v) is 2.62. The van der Waals surface area contributed by atoms with Crippen LogP contribution in [-0.2, 0) is 9.59 Å². The Labute approximate surface area is 162 Å². The van der Waals surface area contributed by atoms with Crippen LogP contribution in [0.3, 0.4) is 0 Å². The van der Waals surface area contributed by atoms with Crippen molar-refractivity contribution < 1.29 is 14.4 Å². The Morgan fingerprint density at radius 2 is 1.86 bits per heavy atom. The van der Waals surface area contributed by atoms with Crippen LogP contribution < -0.4 is 15.8 Å². The van der Waals surface area contributed by atoms with E-state index in [9.17, 15) is 14.4 Å². The van der Waals surface area contributed by atoms with Crippen LogP contribution in [-0.4, -0.2) is 49.1 Å². The highest BCUT2D eigenvalue weighted by Crippen LogP contribution is 2.16. The molecule has 3 amide bonds. The topological polar surface area (TPSA) is 94.1 Å². The summed E-state index contributed by atoms with van der Waals surface area (Å²) in [5.41, 5.74) is 5.36. The zero-order chi connectivity index (χ0) is 20.3. The molecule has 0 radical (unpaired) electrons. The SMILES string of the molecule is Cc1ccc(N2NC(C(=O)Nc3cccc(C(=O)N(C)C)c3)=NCC2=O)cc1. The summed E-state index contributed by atoms with van der Waals surface area (Å²) in [5, 5.41) is 4.00. The van der Waals surface area contributed by atoms with Gasteiger partial charge in [-0.1, -0.05) is 23.8 Å². The number of aliphatic imine (C=N–C) groups is 1. The molecule has 1 aliphatic heterocycles. The molecule has 0 spiro atoms. The van der Waals surface area contributed by atoms with Gasteiger partial charge in [0.25, 0.3) is 17.7 Å². The molecule has 8 nitrogen and oxygen atoms in total. The van der Waals surface area contributed by atoms with Crippen molar-refractivity contribution in [2.24, 2.45) is 4.99 Å². The summed E-state index contributed by atoms with van der Waals surface area (Å²) in [5.74, 6) is -0.914. The van der Waals surface area contributed by atoms with Crippen molar-refractivity contribution in [2.75, 3.05) is 31.0 Å². The van der Waals surface area contributed by atoms with E-state index in [2.05, 4.69) is 15.7 Å². The van der Waals surface area contributed by atoms with Gasteiger partial charge in [-0.2, -0.15) is 0 Å². The van der Waals surface area contributed by atoms with Crippen LogP contribution in [0.1, 0.15) is 15.9 Å². The fraction of sp³-hybridized carbons (Fsp3) is 0.200. The van der Waals surface area contributed by atoms with Gasteiger partial charge in [0.2, 0.25) is 5.84 Å². The van der Waals surface area contributed by atoms with Crippen molar-refractivity contribution in [3.05, 3.63) is 59.7 Å². The first-order chi connectivity index (χ1) is 13.3. The van der Waals surface area contributed by atoms with E-state index < -0.39 is 5.91 Å². The Kier molecular flexibility index (Phi) is 5.39. The van der Waals surface area contributed by atoms with Crippen LogP contribution in [0.25, 0.3) is 0 Å². The van der Waals surface area contributed by atoms with E-state index in [0.29, 0.717) is 16.9 Å². The first kappa shape index (κ1) is 19.1. The normalized spacial score (nSPS) is 13.5. The summed E-state index contributed by atoms with van der Waals surface area (Å²) < 4.78 is 0. The van der Waals surface area contributed by atoms with Crippen LogP contribution in [0.15, 0.2) is 53.5 Å². The Bertz CT molecular complexity index is 951. The maximum absolute atomic E-state index is 12.6. The standard InChI is InChI=1S/C20H21N5O3/c1-13-7-9-16(10-8-13)25-17(26)12-21-18(23-25)19(27)22-15-6-4-5-14(11-15)20(28)24(2)3/h4-11H,12H2,1-3H3,(H,21,23)(H,22,27). The maximum atomic E-state index is 12.6. The second-order valence-electron chi connectivity index (χ2n) is 6.58. The van der Waals surface area contributed by atoms with Gasteiger partial charge in [0, 0.05) is 25.3 Å². The number of carbonyl (C=O) groups is 3. The molecule has 0 saturated heterocycles. The van der Waals surface area contributed by atoms with Gasteiger partial charge in [0.1, 0.15) is 6.54 Å². The molecule has 0 unspecified atom stereocenters. The molecule has 2 aromatic carbocycles. The average Bonchev–Trinajstić information content (AvgIpc) is 2.68. The summed E-state index contributed by atoms with van der Waals surface area (Å²) in [7, 11) is 3.32. The van der Waals surface area contributed by atoms with Gasteiger partial charge in [-0.3, -0.25) is 24.8 Å². The number of aryl methyl sites for hydroxylation is 1. The monoisotopic (exact) mass is 379 g/mol. The molecule has 1 aliphatic rings. The lowest BCUT2D eigenvalue weighted by atomic mass is 10.2. The van der Waals surface area contributed by atoms with E-state index in [-0.39, 0.29) is 24.2 Å². The molecular weight excluding hydrogens is 358 g/mol. The number of carbonyl (C=O) groups excluding carboxylic acids is 3. The minimum absolute atomic E-state index is 0.0181. The number of hydrogen-bond acceptors (Lipinski definition) is 5. The van der Waals surface area contributed by atoms with Crippen molar-refractivity contribution in [2.45, 2.75) is 6.92 Å². The van der Waals surface area contributed by atoms with Gasteiger partial charge in [-0.15, -0.1) is 0 Å². The molecule has 8 heteroatoms. The molecule has 2 aromatic rings. The Hall–Kier alpha value is -3.68. The molecule has 0 bridgehead atoms. The number of hydrogen-bond donors (Lipinski definition) is 2. The van der Waals surface area contributed by atoms with Gasteiger partial charge in [0.05, 0.1) is 5.69 Å². The number of benzene rings is 2. The first-order valence-electron chi connectivity index (χ1n) is 8.69. The molecule has 3 rings (SSSR count). The van der Waals surface area contributed by atoms with Crippen molar-refractivity contribution >= 4 is 34.9 Å². The Morgan fingerprint density at radius 1 is 1.14 bits per heavy atom. The van der Waals surface area contributed by atoms with E-state index in [1.165, 1.54) is 9.91 Å². The van der Waals surface area contributed by atoms with Crippen LogP contribution in [0.4, 0.5) is 11.4 Å². The van der Waals surface area contributed by atoms with Crippen LogP contribution >= 0.6 is 0 Å². The van der Waals surface area contributed by atoms with E-state index in [0.717, 1.165) is 5.56 Å². The third kappa shape index (κ3) is 4.17. The van der Waals surface area contributed by atoms with Gasteiger partial charge in [-0.05, 0) is 37.3 Å². The summed E-state index contributed by atoms with van der Waals surface area (Å²) in [6.45, 7) is 1.81. The van der Waals surface area contributed by atoms with Crippen molar-refractivity contribution in [1.82, 2.24) is 10.3 Å². The largest absolute Gasteiger partial charge is 0.345 e. The van der Waals surface area contributed by atoms with E-state index in [1.54, 1.807) is 50.5 Å². The molecule has 0 aliphatic carbocycles. The van der Waals surface area contributed by atoms with Crippen LogP contribution in [0.5, 0.6) is 0 Å². The third-order valence-electron chi connectivity index (χ3n) is 4.12. The van der Waals surface area contributed by atoms with Crippen LogP contribution in [0, 0.1) is 6.92 Å². The fourth-order valence-electron chi connectivity index (χ4n) is 2.62. The van der Waals surface area contributed by atoms with Gasteiger partial charge in [0.15, 0.2) is 0 Å². The number of amidine groups is 1. The van der Waals surface area contributed by atoms with Gasteiger partial charge in [-0.25, -0.2) is 5.01 Å². The molecule has 0 aromatic heterocycles. The second kappa shape index (κ2) is 7.91. The predicted molar refractivity (Wildman–Crippen MR) is 107 cm³/mol. The molecule has 0 atom stereocenters. The minimum Gasteiger partial charge on any atom is -0.345 e. The number of nitrogens with one attached hydrogen (secondary N) is 2. The molecule has 28 heavy (non-hydrogen) atoms. The Morgan fingerprint density at radius 3 is 2.54 bits per heavy atom. The average molecular weight is 379 g/mol. The molecule has 1 heterocycles. The highest BCUT2D eigenvalue weighted by atomic mass is 16.2. The summed E-state index contributed by atoms with van der Waals surface area (Å²) in [4.78, 5) is 42.3. The lowest BCUT2D eigenvalue weighted by Crippen LogP contribution is -2.54. The molecular formula is C20H21N5O3. The van der Waals surface area contributed by atoms with Crippen molar-refractivity contribution in [3.63, 3.8) is 0 Å². The number of anilines is 2. The highest BCUT2D eigenvalue weighted by molar-refractivity contribution is 6.43. The maximum Gasteiger partial charge on any atom is 0.292 e. The third-order valence-corrected chi connectivity index (χ3v) is 4.12. The molecule has 0 fully saturated rings. The van der Waals surface area contributed by atoms with Gasteiger partial charge < -0.3 is 10.2 Å². The van der Waals surface area contributed by atoms with E-state index in [4.69, 9.17) is 0 Å². The van der Waals surface area contributed by atoms with Gasteiger partial charge >= 0.3 is 0 Å². The van der Waals surface area contributed by atoms with Crippen LogP contribution in [0.2, 0.25) is 0 Å². The predicted octanol–water partition coefficient (Wildman–Crippen LogP) is 1.59. The highest BCUT2D eigenvalue weighted by Gasteiger charge is 2.25. The lowest BCUT2D eigenvalue weighted by molar-refractivity contribution is -0.118. The number of hydrazine groups is 1. The summed E-state index contributed by atoms with van der Waals surface area (Å²) in [6, 6.07) is 14.0.